The van der Waals surface area contributed by atoms with Gasteiger partial charge in [0.2, 0.25) is 5.91 Å². The number of ether oxygens (including phenoxy) is 1. The number of nitrogens with zero attached hydrogens (tertiary/aromatic N) is 2. The SMILES string of the molecule is CC(C)C(NC(=O)OC(C)(C)C)C(=O)N(C)Cc1ccccn1. The molecule has 1 aromatic heterocycles. The van der Waals surface area contributed by atoms with Crippen molar-refractivity contribution in [3.63, 3.8) is 0 Å². The van der Waals surface area contributed by atoms with E-state index in [1.807, 2.05) is 32.0 Å². The lowest BCUT2D eigenvalue weighted by atomic mass is 10.0. The predicted molar refractivity (Wildman–Crippen MR) is 88.7 cm³/mol. The second-order valence-corrected chi connectivity index (χ2v) is 6.88. The zero-order valence-corrected chi connectivity index (χ0v) is 14.8. The van der Waals surface area contributed by atoms with Crippen LogP contribution in [-0.2, 0) is 16.1 Å². The first kappa shape index (κ1) is 18.9. The molecular weight excluding hydrogens is 294 g/mol. The van der Waals surface area contributed by atoms with E-state index in [1.165, 1.54) is 0 Å². The number of alkyl carbamates (subject to hydrolysis) is 1. The molecule has 1 rings (SSSR count). The summed E-state index contributed by atoms with van der Waals surface area (Å²) < 4.78 is 5.23. The molecule has 1 heterocycles. The minimum atomic E-state index is -0.640. The summed E-state index contributed by atoms with van der Waals surface area (Å²) in [6, 6.07) is 4.92. The molecule has 0 aliphatic carbocycles. The molecule has 0 bridgehead atoms. The van der Waals surface area contributed by atoms with Crippen molar-refractivity contribution in [2.75, 3.05) is 7.05 Å². The number of hydrogen-bond donors (Lipinski definition) is 1. The van der Waals surface area contributed by atoms with Crippen LogP contribution in [-0.4, -0.2) is 40.6 Å². The highest BCUT2D eigenvalue weighted by molar-refractivity contribution is 5.85. The summed E-state index contributed by atoms with van der Waals surface area (Å²) in [5, 5.41) is 2.67. The molecular formula is C17H27N3O3. The minimum absolute atomic E-state index is 0.0544. The molecule has 0 fully saturated rings. The monoisotopic (exact) mass is 321 g/mol. The fraction of sp³-hybridized carbons (Fsp3) is 0.588. The summed E-state index contributed by atoms with van der Waals surface area (Å²) in [6.45, 7) is 9.51. The Balaban J connectivity index is 2.72. The molecule has 0 saturated carbocycles. The van der Waals surface area contributed by atoms with Gasteiger partial charge in [0.05, 0.1) is 12.2 Å². The second kappa shape index (κ2) is 7.94. The Hall–Kier alpha value is -2.11. The molecule has 128 valence electrons. The van der Waals surface area contributed by atoms with Gasteiger partial charge in [-0.05, 0) is 38.8 Å². The maximum Gasteiger partial charge on any atom is 0.408 e. The van der Waals surface area contributed by atoms with Gasteiger partial charge in [0.1, 0.15) is 11.6 Å². The third-order valence-electron chi connectivity index (χ3n) is 3.11. The van der Waals surface area contributed by atoms with Crippen LogP contribution in [0.4, 0.5) is 4.79 Å². The van der Waals surface area contributed by atoms with Crippen LogP contribution in [0.3, 0.4) is 0 Å². The zero-order valence-electron chi connectivity index (χ0n) is 14.8. The smallest absolute Gasteiger partial charge is 0.408 e. The van der Waals surface area contributed by atoms with Gasteiger partial charge in [0.25, 0.3) is 0 Å². The van der Waals surface area contributed by atoms with Crippen LogP contribution in [0.25, 0.3) is 0 Å². The van der Waals surface area contributed by atoms with Crippen molar-refractivity contribution in [3.8, 4) is 0 Å². The number of carbonyl (C=O) groups excluding carboxylic acids is 2. The van der Waals surface area contributed by atoms with E-state index in [-0.39, 0.29) is 11.8 Å². The van der Waals surface area contributed by atoms with Crippen molar-refractivity contribution in [2.24, 2.45) is 5.92 Å². The number of amides is 2. The zero-order chi connectivity index (χ0) is 17.6. The third-order valence-corrected chi connectivity index (χ3v) is 3.11. The molecule has 0 aliphatic rings. The van der Waals surface area contributed by atoms with E-state index >= 15 is 0 Å². The summed E-state index contributed by atoms with van der Waals surface area (Å²) in [5.74, 6) is -0.224. The maximum absolute atomic E-state index is 12.6. The third kappa shape index (κ3) is 6.67. The molecule has 6 nitrogen and oxygen atoms in total. The number of likely N-dealkylation sites (N-methyl/N-ethyl adjacent to an activating group) is 1. The standard InChI is InChI=1S/C17H27N3O3/c1-12(2)14(19-16(22)23-17(3,4)5)15(21)20(6)11-13-9-7-8-10-18-13/h7-10,12,14H,11H2,1-6H3,(H,19,22). The molecule has 2 amide bonds. The van der Waals surface area contributed by atoms with Crippen LogP contribution in [0, 0.1) is 5.92 Å². The molecule has 1 atom stereocenters. The van der Waals surface area contributed by atoms with Gasteiger partial charge in [0, 0.05) is 13.2 Å². The lowest BCUT2D eigenvalue weighted by Crippen LogP contribution is -2.51. The summed E-state index contributed by atoms with van der Waals surface area (Å²) in [4.78, 5) is 30.3. The molecule has 1 N–H and O–H groups in total. The number of carbonyl (C=O) groups is 2. The minimum Gasteiger partial charge on any atom is -0.444 e. The number of hydrogen-bond acceptors (Lipinski definition) is 4. The van der Waals surface area contributed by atoms with Gasteiger partial charge in [-0.2, -0.15) is 0 Å². The lowest BCUT2D eigenvalue weighted by molar-refractivity contribution is -0.133. The molecule has 6 heteroatoms. The lowest BCUT2D eigenvalue weighted by Gasteiger charge is -2.28. The highest BCUT2D eigenvalue weighted by Gasteiger charge is 2.29. The Morgan fingerprint density at radius 3 is 2.43 bits per heavy atom. The largest absolute Gasteiger partial charge is 0.444 e. The fourth-order valence-corrected chi connectivity index (χ4v) is 2.00. The maximum atomic E-state index is 12.6. The highest BCUT2D eigenvalue weighted by atomic mass is 16.6. The highest BCUT2D eigenvalue weighted by Crippen LogP contribution is 2.11. The Bertz CT molecular complexity index is 524. The molecule has 0 saturated heterocycles. The van der Waals surface area contributed by atoms with Crippen LogP contribution >= 0.6 is 0 Å². The van der Waals surface area contributed by atoms with Gasteiger partial charge in [-0.25, -0.2) is 4.79 Å². The Morgan fingerprint density at radius 1 is 1.30 bits per heavy atom. The first-order valence-corrected chi connectivity index (χ1v) is 7.74. The average molecular weight is 321 g/mol. The molecule has 23 heavy (non-hydrogen) atoms. The van der Waals surface area contributed by atoms with Crippen LogP contribution in [0.15, 0.2) is 24.4 Å². The average Bonchev–Trinajstić information content (AvgIpc) is 2.43. The van der Waals surface area contributed by atoms with E-state index in [4.69, 9.17) is 4.74 Å². The van der Waals surface area contributed by atoms with Gasteiger partial charge >= 0.3 is 6.09 Å². The van der Waals surface area contributed by atoms with Crippen LogP contribution in [0.5, 0.6) is 0 Å². The number of nitrogens with one attached hydrogen (secondary N) is 1. The van der Waals surface area contributed by atoms with E-state index in [2.05, 4.69) is 10.3 Å². The van der Waals surface area contributed by atoms with Crippen LogP contribution in [0.2, 0.25) is 0 Å². The van der Waals surface area contributed by atoms with Crippen molar-refractivity contribution < 1.29 is 14.3 Å². The molecule has 0 aromatic carbocycles. The van der Waals surface area contributed by atoms with Crippen LogP contribution < -0.4 is 5.32 Å². The molecule has 1 unspecified atom stereocenters. The predicted octanol–water partition coefficient (Wildman–Crippen LogP) is 2.59. The van der Waals surface area contributed by atoms with Crippen molar-refractivity contribution >= 4 is 12.0 Å². The molecule has 0 radical (unpaired) electrons. The Labute approximate surface area is 138 Å². The van der Waals surface area contributed by atoms with Gasteiger partial charge in [0.15, 0.2) is 0 Å². The van der Waals surface area contributed by atoms with Gasteiger partial charge in [-0.15, -0.1) is 0 Å². The Morgan fingerprint density at radius 2 is 1.96 bits per heavy atom. The van der Waals surface area contributed by atoms with E-state index in [9.17, 15) is 9.59 Å². The Kier molecular flexibility index (Phi) is 6.54. The van der Waals surface area contributed by atoms with E-state index < -0.39 is 17.7 Å². The summed E-state index contributed by atoms with van der Waals surface area (Å²) in [6.07, 6.45) is 1.10. The van der Waals surface area contributed by atoms with Crippen molar-refractivity contribution in [2.45, 2.75) is 52.8 Å². The summed E-state index contributed by atoms with van der Waals surface area (Å²) in [7, 11) is 1.70. The molecule has 1 aromatic rings. The number of rotatable bonds is 5. The first-order valence-electron chi connectivity index (χ1n) is 7.74. The van der Waals surface area contributed by atoms with Gasteiger partial charge < -0.3 is 15.0 Å². The molecule has 0 aliphatic heterocycles. The number of aromatic nitrogens is 1. The van der Waals surface area contributed by atoms with Crippen molar-refractivity contribution in [3.05, 3.63) is 30.1 Å². The second-order valence-electron chi connectivity index (χ2n) is 6.88. The number of pyridine rings is 1. The van der Waals surface area contributed by atoms with E-state index in [0.717, 1.165) is 5.69 Å². The fourth-order valence-electron chi connectivity index (χ4n) is 2.00. The van der Waals surface area contributed by atoms with Crippen molar-refractivity contribution in [1.82, 2.24) is 15.2 Å². The van der Waals surface area contributed by atoms with Crippen molar-refractivity contribution in [1.29, 1.82) is 0 Å². The normalized spacial score (nSPS) is 12.7. The first-order chi connectivity index (χ1) is 10.6. The quantitative estimate of drug-likeness (QED) is 0.905. The topological polar surface area (TPSA) is 71.5 Å². The van der Waals surface area contributed by atoms with Gasteiger partial charge in [-0.1, -0.05) is 19.9 Å². The summed E-state index contributed by atoms with van der Waals surface area (Å²) in [5.41, 5.74) is 0.192. The van der Waals surface area contributed by atoms with E-state index in [0.29, 0.717) is 6.54 Å². The van der Waals surface area contributed by atoms with Crippen LogP contribution in [0.1, 0.15) is 40.3 Å². The van der Waals surface area contributed by atoms with E-state index in [1.54, 1.807) is 38.9 Å². The summed E-state index contributed by atoms with van der Waals surface area (Å²) >= 11 is 0. The van der Waals surface area contributed by atoms with Gasteiger partial charge in [-0.3, -0.25) is 9.78 Å². The molecule has 0 spiro atoms.